The van der Waals surface area contributed by atoms with Crippen LogP contribution >= 0.6 is 27.3 Å². The summed E-state index contributed by atoms with van der Waals surface area (Å²) >= 11 is 5.02. The molecular formula is C18H20BrNO3S. The molecule has 0 saturated heterocycles. The van der Waals surface area contributed by atoms with E-state index in [1.54, 1.807) is 17.4 Å². The molecular weight excluding hydrogens is 390 g/mol. The Morgan fingerprint density at radius 1 is 1.33 bits per heavy atom. The molecule has 1 aromatic carbocycles. The number of methoxy groups -OCH3 is 1. The number of hydrogen-bond donors (Lipinski definition) is 1. The molecule has 1 atom stereocenters. The third-order valence-electron chi connectivity index (χ3n) is 3.65. The average molecular weight is 410 g/mol. The van der Waals surface area contributed by atoms with Crippen LogP contribution in [0.5, 0.6) is 0 Å². The summed E-state index contributed by atoms with van der Waals surface area (Å²) in [5.41, 5.74) is 1.39. The smallest absolute Gasteiger partial charge is 0.328 e. The van der Waals surface area contributed by atoms with Gasteiger partial charge >= 0.3 is 5.97 Å². The SMILES string of the molecule is CCCC[C@H](NC(=O)c1ccc(Br)cc1-c1cccs1)C(=O)OC. The van der Waals surface area contributed by atoms with Gasteiger partial charge in [0.05, 0.1) is 7.11 Å². The molecule has 1 aromatic heterocycles. The van der Waals surface area contributed by atoms with Crippen molar-refractivity contribution in [3.05, 3.63) is 45.7 Å². The van der Waals surface area contributed by atoms with Gasteiger partial charge in [0, 0.05) is 20.5 Å². The Kier molecular flexibility index (Phi) is 6.99. The van der Waals surface area contributed by atoms with Gasteiger partial charge in [-0.15, -0.1) is 11.3 Å². The second kappa shape index (κ2) is 8.99. The van der Waals surface area contributed by atoms with E-state index in [-0.39, 0.29) is 5.91 Å². The summed E-state index contributed by atoms with van der Waals surface area (Å²) in [7, 11) is 1.34. The van der Waals surface area contributed by atoms with Gasteiger partial charge in [-0.2, -0.15) is 0 Å². The second-order valence-electron chi connectivity index (χ2n) is 5.36. The number of nitrogens with one attached hydrogen (secondary N) is 1. The molecule has 0 unspecified atom stereocenters. The molecule has 0 aliphatic rings. The average Bonchev–Trinajstić information content (AvgIpc) is 3.12. The summed E-state index contributed by atoms with van der Waals surface area (Å²) in [4.78, 5) is 25.7. The number of esters is 1. The Labute approximate surface area is 154 Å². The van der Waals surface area contributed by atoms with Gasteiger partial charge < -0.3 is 10.1 Å². The first-order chi connectivity index (χ1) is 11.6. The highest BCUT2D eigenvalue weighted by Gasteiger charge is 2.23. The largest absolute Gasteiger partial charge is 0.467 e. The number of benzene rings is 1. The van der Waals surface area contributed by atoms with Crippen LogP contribution in [-0.2, 0) is 9.53 Å². The molecule has 0 bridgehead atoms. The number of unbranched alkanes of at least 4 members (excludes halogenated alkanes) is 1. The lowest BCUT2D eigenvalue weighted by Crippen LogP contribution is -2.41. The van der Waals surface area contributed by atoms with Crippen LogP contribution < -0.4 is 5.32 Å². The summed E-state index contributed by atoms with van der Waals surface area (Å²) in [6.45, 7) is 2.04. The topological polar surface area (TPSA) is 55.4 Å². The summed E-state index contributed by atoms with van der Waals surface area (Å²) in [6.07, 6.45) is 2.36. The number of amides is 1. The predicted molar refractivity (Wildman–Crippen MR) is 100 cm³/mol. The van der Waals surface area contributed by atoms with Crippen LogP contribution in [0.4, 0.5) is 0 Å². The fourth-order valence-electron chi connectivity index (χ4n) is 2.39. The van der Waals surface area contributed by atoms with E-state index in [1.807, 2.05) is 36.6 Å². The molecule has 1 amide bonds. The van der Waals surface area contributed by atoms with Gasteiger partial charge in [0.15, 0.2) is 0 Å². The van der Waals surface area contributed by atoms with Crippen molar-refractivity contribution >= 4 is 39.1 Å². The molecule has 1 heterocycles. The van der Waals surface area contributed by atoms with E-state index in [1.165, 1.54) is 7.11 Å². The first-order valence-electron chi connectivity index (χ1n) is 7.79. The Morgan fingerprint density at radius 2 is 2.12 bits per heavy atom. The van der Waals surface area contributed by atoms with Crippen LogP contribution in [-0.4, -0.2) is 25.0 Å². The van der Waals surface area contributed by atoms with E-state index in [0.717, 1.165) is 27.8 Å². The number of carbonyl (C=O) groups excluding carboxylic acids is 2. The number of hydrogen-bond acceptors (Lipinski definition) is 4. The van der Waals surface area contributed by atoms with E-state index in [0.29, 0.717) is 12.0 Å². The predicted octanol–water partition coefficient (Wildman–Crippen LogP) is 4.64. The molecule has 4 nitrogen and oxygen atoms in total. The maximum absolute atomic E-state index is 12.7. The Morgan fingerprint density at radius 3 is 2.75 bits per heavy atom. The van der Waals surface area contributed by atoms with Crippen molar-refractivity contribution in [2.24, 2.45) is 0 Å². The molecule has 0 aliphatic heterocycles. The van der Waals surface area contributed by atoms with Crippen LogP contribution in [0.2, 0.25) is 0 Å². The second-order valence-corrected chi connectivity index (χ2v) is 7.22. The van der Waals surface area contributed by atoms with Gasteiger partial charge in [-0.05, 0) is 36.1 Å². The number of carbonyl (C=O) groups is 2. The Hall–Kier alpha value is -1.66. The van der Waals surface area contributed by atoms with E-state index < -0.39 is 12.0 Å². The minimum Gasteiger partial charge on any atom is -0.467 e. The monoisotopic (exact) mass is 409 g/mol. The van der Waals surface area contributed by atoms with Crippen LogP contribution in [0.1, 0.15) is 36.5 Å². The van der Waals surface area contributed by atoms with Crippen molar-refractivity contribution in [1.82, 2.24) is 5.32 Å². The van der Waals surface area contributed by atoms with Crippen molar-refractivity contribution in [1.29, 1.82) is 0 Å². The number of halogens is 1. The Bertz CT molecular complexity index is 700. The van der Waals surface area contributed by atoms with Crippen LogP contribution in [0.3, 0.4) is 0 Å². The molecule has 0 spiro atoms. The molecule has 0 radical (unpaired) electrons. The fourth-order valence-corrected chi connectivity index (χ4v) is 3.50. The van der Waals surface area contributed by atoms with Gasteiger partial charge in [0.2, 0.25) is 0 Å². The third-order valence-corrected chi connectivity index (χ3v) is 5.05. The lowest BCUT2D eigenvalue weighted by molar-refractivity contribution is -0.143. The molecule has 0 saturated carbocycles. The number of thiophene rings is 1. The van der Waals surface area contributed by atoms with Crippen molar-refractivity contribution < 1.29 is 14.3 Å². The minimum absolute atomic E-state index is 0.266. The van der Waals surface area contributed by atoms with Gasteiger partial charge in [-0.1, -0.05) is 41.8 Å². The third kappa shape index (κ3) is 4.68. The van der Waals surface area contributed by atoms with Gasteiger partial charge in [0.1, 0.15) is 6.04 Å². The van der Waals surface area contributed by atoms with E-state index >= 15 is 0 Å². The lowest BCUT2D eigenvalue weighted by Gasteiger charge is -2.17. The molecule has 0 aliphatic carbocycles. The van der Waals surface area contributed by atoms with Gasteiger partial charge in [-0.3, -0.25) is 4.79 Å². The molecule has 24 heavy (non-hydrogen) atoms. The first kappa shape index (κ1) is 18.7. The van der Waals surface area contributed by atoms with Crippen molar-refractivity contribution in [2.45, 2.75) is 32.2 Å². The van der Waals surface area contributed by atoms with E-state index in [2.05, 4.69) is 21.2 Å². The summed E-state index contributed by atoms with van der Waals surface area (Å²) in [6, 6.07) is 8.80. The molecule has 2 rings (SSSR count). The highest BCUT2D eigenvalue weighted by atomic mass is 79.9. The summed E-state index contributed by atoms with van der Waals surface area (Å²) < 4.78 is 5.71. The molecule has 1 N–H and O–H groups in total. The Balaban J connectivity index is 2.27. The maximum Gasteiger partial charge on any atom is 0.328 e. The number of ether oxygens (including phenoxy) is 1. The summed E-state index contributed by atoms with van der Waals surface area (Å²) in [5.74, 6) is -0.677. The summed E-state index contributed by atoms with van der Waals surface area (Å²) in [5, 5.41) is 4.79. The van der Waals surface area contributed by atoms with Gasteiger partial charge in [0.25, 0.3) is 5.91 Å². The zero-order valence-corrected chi connectivity index (χ0v) is 16.1. The van der Waals surface area contributed by atoms with Crippen LogP contribution in [0, 0.1) is 0 Å². The quantitative estimate of drug-likeness (QED) is 0.677. The van der Waals surface area contributed by atoms with Crippen molar-refractivity contribution in [2.75, 3.05) is 7.11 Å². The molecule has 2 aromatic rings. The standard InChI is InChI=1S/C18H20BrNO3S/c1-3-4-6-15(18(22)23-2)20-17(21)13-9-8-12(19)11-14(13)16-7-5-10-24-16/h5,7-11,15H,3-4,6H2,1-2H3,(H,20,21)/t15-/m0/s1. The minimum atomic E-state index is -0.623. The fraction of sp³-hybridized carbons (Fsp3) is 0.333. The van der Waals surface area contributed by atoms with Gasteiger partial charge in [-0.25, -0.2) is 4.79 Å². The molecule has 0 fully saturated rings. The highest BCUT2D eigenvalue weighted by molar-refractivity contribution is 9.10. The lowest BCUT2D eigenvalue weighted by atomic mass is 10.0. The molecule has 128 valence electrons. The van der Waals surface area contributed by atoms with E-state index in [9.17, 15) is 9.59 Å². The number of rotatable bonds is 7. The zero-order chi connectivity index (χ0) is 17.5. The van der Waals surface area contributed by atoms with Crippen molar-refractivity contribution in [3.8, 4) is 10.4 Å². The van der Waals surface area contributed by atoms with Crippen LogP contribution in [0.25, 0.3) is 10.4 Å². The first-order valence-corrected chi connectivity index (χ1v) is 9.46. The molecule has 6 heteroatoms. The normalized spacial score (nSPS) is 11.8. The van der Waals surface area contributed by atoms with E-state index in [4.69, 9.17) is 4.74 Å². The maximum atomic E-state index is 12.7. The van der Waals surface area contributed by atoms with Crippen molar-refractivity contribution in [3.63, 3.8) is 0 Å². The zero-order valence-electron chi connectivity index (χ0n) is 13.7. The van der Waals surface area contributed by atoms with Crippen LogP contribution in [0.15, 0.2) is 40.2 Å². The highest BCUT2D eigenvalue weighted by Crippen LogP contribution is 2.30.